The van der Waals surface area contributed by atoms with Gasteiger partial charge in [-0.25, -0.2) is 0 Å². The van der Waals surface area contributed by atoms with Crippen molar-refractivity contribution < 1.29 is 14.3 Å². The minimum absolute atomic E-state index is 0.127. The molecule has 0 aliphatic carbocycles. The number of amides is 2. The van der Waals surface area contributed by atoms with Crippen LogP contribution in [0.15, 0.2) is 42.5 Å². The summed E-state index contributed by atoms with van der Waals surface area (Å²) in [6.45, 7) is 5.16. The number of carbonyl (C=O) groups excluding carboxylic acids is 2. The summed E-state index contributed by atoms with van der Waals surface area (Å²) in [5.74, 6) is 0.415. The summed E-state index contributed by atoms with van der Waals surface area (Å²) in [5.41, 5.74) is 0.742. The molecule has 2 rings (SSSR count). The first-order valence-corrected chi connectivity index (χ1v) is 12.4. The van der Waals surface area contributed by atoms with Crippen LogP contribution in [-0.2, 0) is 16.1 Å². The van der Waals surface area contributed by atoms with Crippen molar-refractivity contribution in [2.24, 2.45) is 0 Å². The fraction of sp³-hybridized carbons (Fsp3) is 0.440. The molecule has 33 heavy (non-hydrogen) atoms. The van der Waals surface area contributed by atoms with Crippen LogP contribution in [0.25, 0.3) is 0 Å². The highest BCUT2D eigenvalue weighted by Crippen LogP contribution is 2.24. The molecule has 2 aromatic carbocycles. The number of nitrogens with zero attached hydrogens (tertiary/aromatic N) is 1. The molecule has 2 aromatic rings. The Bertz CT molecular complexity index is 906. The van der Waals surface area contributed by atoms with Gasteiger partial charge in [0.15, 0.2) is 0 Å². The third-order valence-corrected chi connectivity index (χ3v) is 6.03. The Hall–Kier alpha value is -1.95. The topological polar surface area (TPSA) is 58.6 Å². The van der Waals surface area contributed by atoms with E-state index in [1.165, 1.54) is 0 Å². The zero-order valence-corrected chi connectivity index (χ0v) is 21.3. The van der Waals surface area contributed by atoms with Gasteiger partial charge >= 0.3 is 0 Å². The minimum Gasteiger partial charge on any atom is -0.494 e. The summed E-state index contributed by atoms with van der Waals surface area (Å²) in [7, 11) is 0. The van der Waals surface area contributed by atoms with Crippen molar-refractivity contribution in [3.8, 4) is 5.75 Å². The normalized spacial score (nSPS) is 11.7. The highest BCUT2D eigenvalue weighted by atomic mass is 35.5. The van der Waals surface area contributed by atoms with Crippen molar-refractivity contribution in [2.75, 3.05) is 13.2 Å². The number of halogens is 3. The van der Waals surface area contributed by atoms with Crippen molar-refractivity contribution >= 4 is 46.6 Å². The minimum atomic E-state index is -0.585. The van der Waals surface area contributed by atoms with Gasteiger partial charge in [-0.2, -0.15) is 0 Å². The Kier molecular flexibility index (Phi) is 11.9. The number of rotatable bonds is 13. The average Bonchev–Trinajstić information content (AvgIpc) is 2.79. The van der Waals surface area contributed by atoms with Crippen molar-refractivity contribution in [1.29, 1.82) is 0 Å². The van der Waals surface area contributed by atoms with E-state index in [4.69, 9.17) is 39.5 Å². The maximum atomic E-state index is 13.2. The van der Waals surface area contributed by atoms with E-state index in [9.17, 15) is 9.59 Å². The molecule has 1 N–H and O–H groups in total. The second-order valence-electron chi connectivity index (χ2n) is 7.73. The van der Waals surface area contributed by atoms with Crippen LogP contribution in [0.5, 0.6) is 5.75 Å². The van der Waals surface area contributed by atoms with Crippen LogP contribution in [0.3, 0.4) is 0 Å². The second kappa shape index (κ2) is 14.3. The quantitative estimate of drug-likeness (QED) is 0.310. The Morgan fingerprint density at radius 3 is 2.33 bits per heavy atom. The molecule has 0 bridgehead atoms. The molecule has 0 aliphatic rings. The molecule has 0 fully saturated rings. The molecule has 0 saturated carbocycles. The molecule has 5 nitrogen and oxygen atoms in total. The van der Waals surface area contributed by atoms with Crippen LogP contribution in [0.4, 0.5) is 0 Å². The third kappa shape index (κ3) is 9.07. The maximum absolute atomic E-state index is 13.2. The van der Waals surface area contributed by atoms with Gasteiger partial charge in [-0.15, -0.1) is 0 Å². The lowest BCUT2D eigenvalue weighted by Crippen LogP contribution is -2.49. The molecule has 8 heteroatoms. The zero-order valence-electron chi connectivity index (χ0n) is 19.1. The molecule has 2 amide bonds. The van der Waals surface area contributed by atoms with E-state index in [1.54, 1.807) is 47.4 Å². The molecule has 0 aliphatic heterocycles. The van der Waals surface area contributed by atoms with Gasteiger partial charge in [0.2, 0.25) is 11.8 Å². The lowest BCUT2D eigenvalue weighted by molar-refractivity contribution is -0.141. The standard InChI is InChI=1S/C25H31Cl3N2O3/c1-3-5-14-29-25(32)23(4-2)30(17-18-8-9-20(27)16-22(18)28)24(31)7-6-15-33-21-12-10-19(26)11-13-21/h8-13,16,23H,3-7,14-15,17H2,1-2H3,(H,29,32). The van der Waals surface area contributed by atoms with E-state index >= 15 is 0 Å². The average molecular weight is 514 g/mol. The van der Waals surface area contributed by atoms with Crippen molar-refractivity contribution in [3.63, 3.8) is 0 Å². The molecule has 0 radical (unpaired) electrons. The molecule has 0 spiro atoms. The first-order chi connectivity index (χ1) is 15.8. The van der Waals surface area contributed by atoms with Gasteiger partial charge in [0.25, 0.3) is 0 Å². The summed E-state index contributed by atoms with van der Waals surface area (Å²) >= 11 is 18.3. The van der Waals surface area contributed by atoms with Crippen LogP contribution in [-0.4, -0.2) is 35.9 Å². The lowest BCUT2D eigenvalue weighted by atomic mass is 10.1. The molecular formula is C25H31Cl3N2O3. The van der Waals surface area contributed by atoms with Gasteiger partial charge in [-0.3, -0.25) is 9.59 Å². The second-order valence-corrected chi connectivity index (χ2v) is 9.01. The Morgan fingerprint density at radius 2 is 1.70 bits per heavy atom. The highest BCUT2D eigenvalue weighted by Gasteiger charge is 2.28. The molecule has 180 valence electrons. The fourth-order valence-electron chi connectivity index (χ4n) is 3.35. The molecule has 0 heterocycles. The number of ether oxygens (including phenoxy) is 1. The van der Waals surface area contributed by atoms with Crippen LogP contribution in [0.1, 0.15) is 51.5 Å². The Morgan fingerprint density at radius 1 is 1.00 bits per heavy atom. The number of benzene rings is 2. The van der Waals surface area contributed by atoms with Crippen LogP contribution >= 0.6 is 34.8 Å². The van der Waals surface area contributed by atoms with Gasteiger partial charge in [0.1, 0.15) is 11.8 Å². The van der Waals surface area contributed by atoms with E-state index < -0.39 is 6.04 Å². The lowest BCUT2D eigenvalue weighted by Gasteiger charge is -2.31. The summed E-state index contributed by atoms with van der Waals surface area (Å²) in [6, 6.07) is 11.6. The molecule has 1 unspecified atom stereocenters. The maximum Gasteiger partial charge on any atom is 0.242 e. The number of nitrogens with one attached hydrogen (secondary N) is 1. The molecule has 0 aromatic heterocycles. The number of hydrogen-bond donors (Lipinski definition) is 1. The summed E-state index contributed by atoms with van der Waals surface area (Å²) in [6.07, 6.45) is 3.13. The first kappa shape index (κ1) is 27.3. The van der Waals surface area contributed by atoms with Crippen molar-refractivity contribution in [1.82, 2.24) is 10.2 Å². The Balaban J connectivity index is 2.07. The summed E-state index contributed by atoms with van der Waals surface area (Å²) < 4.78 is 5.70. The molecule has 0 saturated heterocycles. The van der Waals surface area contributed by atoms with E-state index in [1.807, 2.05) is 6.92 Å². The van der Waals surface area contributed by atoms with Crippen molar-refractivity contribution in [2.45, 2.75) is 58.5 Å². The summed E-state index contributed by atoms with van der Waals surface area (Å²) in [4.78, 5) is 27.7. The van der Waals surface area contributed by atoms with Gasteiger partial charge < -0.3 is 15.0 Å². The van der Waals surface area contributed by atoms with E-state index in [2.05, 4.69) is 12.2 Å². The predicted molar refractivity (Wildman–Crippen MR) is 135 cm³/mol. The fourth-order valence-corrected chi connectivity index (χ4v) is 3.94. The predicted octanol–water partition coefficient (Wildman–Crippen LogP) is 6.53. The summed E-state index contributed by atoms with van der Waals surface area (Å²) in [5, 5.41) is 4.57. The monoisotopic (exact) mass is 512 g/mol. The third-order valence-electron chi connectivity index (χ3n) is 5.19. The smallest absolute Gasteiger partial charge is 0.242 e. The number of hydrogen-bond acceptors (Lipinski definition) is 3. The zero-order chi connectivity index (χ0) is 24.2. The van der Waals surface area contributed by atoms with Crippen LogP contribution in [0.2, 0.25) is 15.1 Å². The van der Waals surface area contributed by atoms with Crippen LogP contribution in [0, 0.1) is 0 Å². The van der Waals surface area contributed by atoms with Crippen molar-refractivity contribution in [3.05, 3.63) is 63.1 Å². The Labute approximate surface area is 211 Å². The highest BCUT2D eigenvalue weighted by molar-refractivity contribution is 6.35. The van der Waals surface area contributed by atoms with Gasteiger partial charge in [0, 0.05) is 34.6 Å². The van der Waals surface area contributed by atoms with E-state index in [0.29, 0.717) is 46.8 Å². The number of carbonyl (C=O) groups is 2. The molecular weight excluding hydrogens is 483 g/mol. The first-order valence-electron chi connectivity index (χ1n) is 11.2. The SMILES string of the molecule is CCCCNC(=O)C(CC)N(Cc1ccc(Cl)cc1Cl)C(=O)CCCOc1ccc(Cl)cc1. The van der Waals surface area contributed by atoms with Gasteiger partial charge in [-0.1, -0.05) is 61.1 Å². The number of unbranched alkanes of at least 4 members (excludes halogenated alkanes) is 1. The van der Waals surface area contributed by atoms with E-state index in [0.717, 1.165) is 18.4 Å². The largest absolute Gasteiger partial charge is 0.494 e. The van der Waals surface area contributed by atoms with Gasteiger partial charge in [0.05, 0.1) is 6.61 Å². The molecule has 1 atom stereocenters. The van der Waals surface area contributed by atoms with E-state index in [-0.39, 0.29) is 24.8 Å². The van der Waals surface area contributed by atoms with Crippen LogP contribution < -0.4 is 10.1 Å². The van der Waals surface area contributed by atoms with Gasteiger partial charge in [-0.05, 0) is 61.2 Å².